The molecule has 2 rings (SSSR count). The molecule has 0 atom stereocenters. The lowest BCUT2D eigenvalue weighted by molar-refractivity contribution is 0.134. The van der Waals surface area contributed by atoms with E-state index in [0.717, 1.165) is 30.9 Å². The van der Waals surface area contributed by atoms with Crippen LogP contribution in [0.3, 0.4) is 0 Å². The lowest BCUT2D eigenvalue weighted by Gasteiger charge is -2.36. The molecule has 1 aliphatic rings. The maximum Gasteiger partial charge on any atom is 0.117 e. The number of hydrogen-bond acceptors (Lipinski definition) is 3. The third-order valence-corrected chi connectivity index (χ3v) is 4.24. The van der Waals surface area contributed by atoms with E-state index in [-0.39, 0.29) is 0 Å². The molecule has 1 aromatic rings. The highest BCUT2D eigenvalue weighted by Crippen LogP contribution is 2.24. The van der Waals surface area contributed by atoms with Gasteiger partial charge in [0.1, 0.15) is 5.76 Å². The molecule has 108 valence electrons. The Labute approximate surface area is 117 Å². The van der Waals surface area contributed by atoms with Crippen molar-refractivity contribution in [1.82, 2.24) is 10.2 Å². The molecule has 1 aliphatic carbocycles. The molecule has 0 spiro atoms. The summed E-state index contributed by atoms with van der Waals surface area (Å²) in [6.07, 6.45) is 8.28. The van der Waals surface area contributed by atoms with Crippen LogP contribution in [0.15, 0.2) is 22.8 Å². The molecule has 3 nitrogen and oxygen atoms in total. The predicted molar refractivity (Wildman–Crippen MR) is 79.1 cm³/mol. The van der Waals surface area contributed by atoms with Crippen LogP contribution in [0.1, 0.15) is 51.7 Å². The molecule has 1 heterocycles. The van der Waals surface area contributed by atoms with Gasteiger partial charge in [-0.15, -0.1) is 0 Å². The number of hydrogen-bond donors (Lipinski definition) is 1. The van der Waals surface area contributed by atoms with E-state index in [1.807, 2.05) is 6.07 Å². The molecule has 19 heavy (non-hydrogen) atoms. The first-order valence-corrected chi connectivity index (χ1v) is 7.83. The summed E-state index contributed by atoms with van der Waals surface area (Å²) in [7, 11) is 0. The van der Waals surface area contributed by atoms with Crippen molar-refractivity contribution >= 4 is 0 Å². The normalized spacial score (nSPS) is 23.9. The lowest BCUT2D eigenvalue weighted by atomic mass is 9.90. The summed E-state index contributed by atoms with van der Waals surface area (Å²) >= 11 is 0. The van der Waals surface area contributed by atoms with Gasteiger partial charge in [-0.1, -0.05) is 13.8 Å². The van der Waals surface area contributed by atoms with Crippen molar-refractivity contribution in [3.63, 3.8) is 0 Å². The second kappa shape index (κ2) is 7.71. The van der Waals surface area contributed by atoms with E-state index in [9.17, 15) is 0 Å². The Morgan fingerprint density at radius 2 is 2.05 bits per heavy atom. The van der Waals surface area contributed by atoms with Crippen molar-refractivity contribution in [2.24, 2.45) is 0 Å². The molecule has 0 bridgehead atoms. The van der Waals surface area contributed by atoms with Gasteiger partial charge < -0.3 is 9.73 Å². The van der Waals surface area contributed by atoms with E-state index in [0.29, 0.717) is 0 Å². The monoisotopic (exact) mass is 264 g/mol. The average Bonchev–Trinajstić information content (AvgIpc) is 2.96. The minimum atomic E-state index is 0.731. The standard InChI is InChI=1S/C16H28N2O/c1-3-11-17-14-7-9-15(10-8-14)18(4-2)13-16-6-5-12-19-16/h5-6,12,14-15,17H,3-4,7-11,13H2,1-2H3. The van der Waals surface area contributed by atoms with E-state index in [1.165, 1.54) is 38.6 Å². The summed E-state index contributed by atoms with van der Waals surface area (Å²) in [6.45, 7) is 7.73. The molecule has 0 aromatic carbocycles. The molecule has 0 aliphatic heterocycles. The van der Waals surface area contributed by atoms with E-state index >= 15 is 0 Å². The fourth-order valence-electron chi connectivity index (χ4n) is 3.10. The Morgan fingerprint density at radius 1 is 1.26 bits per heavy atom. The van der Waals surface area contributed by atoms with Crippen molar-refractivity contribution in [2.75, 3.05) is 13.1 Å². The first kappa shape index (κ1) is 14.6. The van der Waals surface area contributed by atoms with Crippen LogP contribution in [-0.2, 0) is 6.54 Å². The predicted octanol–water partition coefficient (Wildman–Crippen LogP) is 3.41. The van der Waals surface area contributed by atoms with Gasteiger partial charge >= 0.3 is 0 Å². The fourth-order valence-corrected chi connectivity index (χ4v) is 3.10. The number of nitrogens with one attached hydrogen (secondary N) is 1. The summed E-state index contributed by atoms with van der Waals surface area (Å²) in [5.41, 5.74) is 0. The van der Waals surface area contributed by atoms with Gasteiger partial charge in [-0.05, 0) is 57.3 Å². The van der Waals surface area contributed by atoms with E-state index < -0.39 is 0 Å². The van der Waals surface area contributed by atoms with Crippen LogP contribution in [0.2, 0.25) is 0 Å². The molecule has 3 heteroatoms. The first-order chi connectivity index (χ1) is 9.33. The fraction of sp³-hybridized carbons (Fsp3) is 0.750. The highest BCUT2D eigenvalue weighted by molar-refractivity contribution is 4.98. The van der Waals surface area contributed by atoms with Gasteiger partial charge in [0.05, 0.1) is 12.8 Å². The topological polar surface area (TPSA) is 28.4 Å². The van der Waals surface area contributed by atoms with Gasteiger partial charge in [0, 0.05) is 12.1 Å². The number of nitrogens with zero attached hydrogens (tertiary/aromatic N) is 1. The highest BCUT2D eigenvalue weighted by atomic mass is 16.3. The smallest absolute Gasteiger partial charge is 0.117 e. The summed E-state index contributed by atoms with van der Waals surface area (Å²) in [6, 6.07) is 5.54. The molecule has 0 saturated heterocycles. The molecule has 0 radical (unpaired) electrons. The van der Waals surface area contributed by atoms with Crippen molar-refractivity contribution < 1.29 is 4.42 Å². The summed E-state index contributed by atoms with van der Waals surface area (Å²) in [5, 5.41) is 3.66. The third kappa shape index (κ3) is 4.36. The largest absolute Gasteiger partial charge is 0.468 e. The first-order valence-electron chi connectivity index (χ1n) is 7.83. The lowest BCUT2D eigenvalue weighted by Crippen LogP contribution is -2.42. The van der Waals surface area contributed by atoms with Gasteiger partial charge in [0.25, 0.3) is 0 Å². The van der Waals surface area contributed by atoms with Crippen molar-refractivity contribution in [3.05, 3.63) is 24.2 Å². The zero-order chi connectivity index (χ0) is 13.5. The van der Waals surface area contributed by atoms with Crippen LogP contribution in [0, 0.1) is 0 Å². The number of furan rings is 1. The van der Waals surface area contributed by atoms with Crippen molar-refractivity contribution in [1.29, 1.82) is 0 Å². The minimum absolute atomic E-state index is 0.731. The van der Waals surface area contributed by atoms with Gasteiger partial charge in [-0.3, -0.25) is 4.90 Å². The van der Waals surface area contributed by atoms with Crippen LogP contribution in [0.4, 0.5) is 0 Å². The maximum absolute atomic E-state index is 5.48. The second-order valence-corrected chi connectivity index (χ2v) is 5.60. The molecule has 1 fully saturated rings. The number of rotatable bonds is 7. The van der Waals surface area contributed by atoms with Gasteiger partial charge in [-0.2, -0.15) is 0 Å². The molecule has 1 aromatic heterocycles. The zero-order valence-corrected chi connectivity index (χ0v) is 12.4. The maximum atomic E-state index is 5.48. The Bertz CT molecular complexity index is 329. The molecule has 1 N–H and O–H groups in total. The summed E-state index contributed by atoms with van der Waals surface area (Å²) in [5.74, 6) is 1.09. The molecular weight excluding hydrogens is 236 g/mol. The molecule has 1 saturated carbocycles. The van der Waals surface area contributed by atoms with Crippen LogP contribution < -0.4 is 5.32 Å². The minimum Gasteiger partial charge on any atom is -0.468 e. The quantitative estimate of drug-likeness (QED) is 0.818. The van der Waals surface area contributed by atoms with Crippen LogP contribution in [-0.4, -0.2) is 30.1 Å². The Kier molecular flexibility index (Phi) is 5.93. The van der Waals surface area contributed by atoms with Gasteiger partial charge in [0.2, 0.25) is 0 Å². The van der Waals surface area contributed by atoms with E-state index in [4.69, 9.17) is 4.42 Å². The molecular formula is C16H28N2O. The highest BCUT2D eigenvalue weighted by Gasteiger charge is 2.25. The van der Waals surface area contributed by atoms with E-state index in [2.05, 4.69) is 30.1 Å². The Hall–Kier alpha value is -0.800. The van der Waals surface area contributed by atoms with Gasteiger partial charge in [0.15, 0.2) is 0 Å². The SMILES string of the molecule is CCCNC1CCC(N(CC)Cc2ccco2)CC1. The Balaban J connectivity index is 1.78. The van der Waals surface area contributed by atoms with Crippen LogP contribution in [0.25, 0.3) is 0 Å². The molecule has 0 amide bonds. The van der Waals surface area contributed by atoms with Crippen LogP contribution in [0.5, 0.6) is 0 Å². The summed E-state index contributed by atoms with van der Waals surface area (Å²) < 4.78 is 5.48. The van der Waals surface area contributed by atoms with Crippen LogP contribution >= 0.6 is 0 Å². The van der Waals surface area contributed by atoms with Crippen molar-refractivity contribution in [3.8, 4) is 0 Å². The zero-order valence-electron chi connectivity index (χ0n) is 12.4. The van der Waals surface area contributed by atoms with Crippen molar-refractivity contribution in [2.45, 2.75) is 64.6 Å². The average molecular weight is 264 g/mol. The summed E-state index contributed by atoms with van der Waals surface area (Å²) in [4.78, 5) is 2.56. The second-order valence-electron chi connectivity index (χ2n) is 5.60. The van der Waals surface area contributed by atoms with Gasteiger partial charge in [-0.25, -0.2) is 0 Å². The molecule has 0 unspecified atom stereocenters. The third-order valence-electron chi connectivity index (χ3n) is 4.24. The van der Waals surface area contributed by atoms with E-state index in [1.54, 1.807) is 6.26 Å². The Morgan fingerprint density at radius 3 is 2.63 bits per heavy atom.